The lowest BCUT2D eigenvalue weighted by atomic mass is 9.99. The van der Waals surface area contributed by atoms with Gasteiger partial charge in [0.1, 0.15) is 0 Å². The molecule has 1 fully saturated rings. The standard InChI is InChI=1S/C18H21N3O/c22-18(21-20-15-9-2-1-3-10-15)13-19-17-12-6-8-14-7-4-5-11-16(14)17/h4-8,11-12,19H,1-3,9-10,13H2,(H,21,22). The van der Waals surface area contributed by atoms with Crippen LogP contribution in [-0.4, -0.2) is 18.2 Å². The number of anilines is 1. The van der Waals surface area contributed by atoms with E-state index in [-0.39, 0.29) is 12.5 Å². The van der Waals surface area contributed by atoms with Gasteiger partial charge in [0.2, 0.25) is 0 Å². The molecule has 114 valence electrons. The molecule has 0 unspecified atom stereocenters. The third-order valence-electron chi connectivity index (χ3n) is 4.00. The minimum absolute atomic E-state index is 0.106. The van der Waals surface area contributed by atoms with E-state index in [2.05, 4.69) is 34.0 Å². The highest BCUT2D eigenvalue weighted by molar-refractivity contribution is 5.95. The number of nitrogens with zero attached hydrogens (tertiary/aromatic N) is 1. The van der Waals surface area contributed by atoms with Crippen molar-refractivity contribution in [2.75, 3.05) is 11.9 Å². The molecule has 0 aliphatic heterocycles. The fourth-order valence-corrected chi connectivity index (χ4v) is 2.81. The molecule has 0 heterocycles. The first-order chi connectivity index (χ1) is 10.8. The fourth-order valence-electron chi connectivity index (χ4n) is 2.81. The number of hydrazone groups is 1. The molecule has 0 spiro atoms. The van der Waals surface area contributed by atoms with Crippen molar-refractivity contribution in [3.63, 3.8) is 0 Å². The van der Waals surface area contributed by atoms with Crippen molar-refractivity contribution in [1.82, 2.24) is 5.43 Å². The molecule has 2 aromatic carbocycles. The van der Waals surface area contributed by atoms with E-state index < -0.39 is 0 Å². The van der Waals surface area contributed by atoms with Crippen molar-refractivity contribution in [2.45, 2.75) is 32.1 Å². The summed E-state index contributed by atoms with van der Waals surface area (Å²) in [6.07, 6.45) is 5.66. The van der Waals surface area contributed by atoms with Crippen molar-refractivity contribution in [1.29, 1.82) is 0 Å². The van der Waals surface area contributed by atoms with Gasteiger partial charge in [0.05, 0.1) is 6.54 Å². The van der Waals surface area contributed by atoms with Crippen LogP contribution in [0.1, 0.15) is 32.1 Å². The highest BCUT2D eigenvalue weighted by atomic mass is 16.2. The summed E-state index contributed by atoms with van der Waals surface area (Å²) >= 11 is 0. The Morgan fingerprint density at radius 1 is 1.00 bits per heavy atom. The second-order valence-corrected chi connectivity index (χ2v) is 5.65. The molecule has 3 rings (SSSR count). The van der Waals surface area contributed by atoms with Crippen LogP contribution in [0.2, 0.25) is 0 Å². The molecule has 22 heavy (non-hydrogen) atoms. The predicted octanol–water partition coefficient (Wildman–Crippen LogP) is 3.69. The molecule has 0 saturated heterocycles. The lowest BCUT2D eigenvalue weighted by molar-refractivity contribution is -0.119. The Morgan fingerprint density at radius 3 is 2.64 bits per heavy atom. The highest BCUT2D eigenvalue weighted by Gasteiger charge is 2.08. The van der Waals surface area contributed by atoms with Gasteiger partial charge in [-0.25, -0.2) is 5.43 Å². The summed E-state index contributed by atoms with van der Waals surface area (Å²) in [5.74, 6) is -0.106. The zero-order valence-electron chi connectivity index (χ0n) is 12.6. The molecule has 4 nitrogen and oxygen atoms in total. The Bertz CT molecular complexity index is 680. The van der Waals surface area contributed by atoms with Crippen LogP contribution >= 0.6 is 0 Å². The largest absolute Gasteiger partial charge is 0.376 e. The molecule has 2 N–H and O–H groups in total. The third-order valence-corrected chi connectivity index (χ3v) is 4.00. The predicted molar refractivity (Wildman–Crippen MR) is 91.1 cm³/mol. The third kappa shape index (κ3) is 3.64. The second kappa shape index (κ2) is 7.07. The van der Waals surface area contributed by atoms with Crippen LogP contribution in [0.15, 0.2) is 47.6 Å². The summed E-state index contributed by atoms with van der Waals surface area (Å²) in [5.41, 5.74) is 4.74. The van der Waals surface area contributed by atoms with Crippen molar-refractivity contribution in [3.8, 4) is 0 Å². The van der Waals surface area contributed by atoms with E-state index in [1.807, 2.05) is 24.3 Å². The topological polar surface area (TPSA) is 53.5 Å². The average Bonchev–Trinajstić information content (AvgIpc) is 2.59. The molecule has 0 atom stereocenters. The van der Waals surface area contributed by atoms with E-state index in [1.165, 1.54) is 19.3 Å². The van der Waals surface area contributed by atoms with E-state index in [9.17, 15) is 4.79 Å². The van der Waals surface area contributed by atoms with Crippen molar-refractivity contribution < 1.29 is 4.79 Å². The quantitative estimate of drug-likeness (QED) is 0.845. The van der Waals surface area contributed by atoms with E-state index in [0.717, 1.165) is 35.0 Å². The molecule has 1 aliphatic rings. The number of benzene rings is 2. The van der Waals surface area contributed by atoms with Gasteiger partial charge in [-0.2, -0.15) is 5.10 Å². The van der Waals surface area contributed by atoms with Gasteiger partial charge in [0.25, 0.3) is 5.91 Å². The average molecular weight is 295 g/mol. The summed E-state index contributed by atoms with van der Waals surface area (Å²) in [7, 11) is 0. The van der Waals surface area contributed by atoms with Crippen molar-refractivity contribution in [2.24, 2.45) is 5.10 Å². The number of carbonyl (C=O) groups is 1. The highest BCUT2D eigenvalue weighted by Crippen LogP contribution is 2.22. The zero-order valence-corrected chi connectivity index (χ0v) is 12.6. The van der Waals surface area contributed by atoms with Crippen LogP contribution in [0.25, 0.3) is 10.8 Å². The maximum Gasteiger partial charge on any atom is 0.259 e. The lowest BCUT2D eigenvalue weighted by Gasteiger charge is -2.12. The number of hydrogen-bond acceptors (Lipinski definition) is 3. The molecule has 1 saturated carbocycles. The normalized spacial score (nSPS) is 14.6. The van der Waals surface area contributed by atoms with Gasteiger partial charge < -0.3 is 5.32 Å². The SMILES string of the molecule is O=C(CNc1cccc2ccccc12)NN=C1CCCCC1. The molecule has 4 heteroatoms. The van der Waals surface area contributed by atoms with E-state index in [1.54, 1.807) is 0 Å². The number of amides is 1. The Balaban J connectivity index is 1.58. The molecular weight excluding hydrogens is 274 g/mol. The van der Waals surface area contributed by atoms with Gasteiger partial charge in [0, 0.05) is 16.8 Å². The summed E-state index contributed by atoms with van der Waals surface area (Å²) in [6, 6.07) is 14.2. The maximum atomic E-state index is 11.9. The molecule has 0 aromatic heterocycles. The molecule has 2 aromatic rings. The van der Waals surface area contributed by atoms with Crippen LogP contribution in [-0.2, 0) is 4.79 Å². The van der Waals surface area contributed by atoms with Gasteiger partial charge in [-0.15, -0.1) is 0 Å². The molecule has 0 bridgehead atoms. The number of hydrogen-bond donors (Lipinski definition) is 2. The van der Waals surface area contributed by atoms with Gasteiger partial charge >= 0.3 is 0 Å². The summed E-state index contributed by atoms with van der Waals surface area (Å²) in [6.45, 7) is 0.227. The summed E-state index contributed by atoms with van der Waals surface area (Å²) in [5, 5.41) is 9.71. The first-order valence-corrected chi connectivity index (χ1v) is 7.89. The number of nitrogens with one attached hydrogen (secondary N) is 2. The first kappa shape index (κ1) is 14.6. The number of carbonyl (C=O) groups excluding carboxylic acids is 1. The maximum absolute atomic E-state index is 11.9. The van der Waals surface area contributed by atoms with Crippen molar-refractivity contribution in [3.05, 3.63) is 42.5 Å². The lowest BCUT2D eigenvalue weighted by Crippen LogP contribution is -2.27. The Hall–Kier alpha value is -2.36. The number of fused-ring (bicyclic) bond motifs is 1. The second-order valence-electron chi connectivity index (χ2n) is 5.65. The van der Waals surface area contributed by atoms with Crippen LogP contribution < -0.4 is 10.7 Å². The Kier molecular flexibility index (Phi) is 4.68. The van der Waals surface area contributed by atoms with E-state index in [0.29, 0.717) is 0 Å². The monoisotopic (exact) mass is 295 g/mol. The van der Waals surface area contributed by atoms with Gasteiger partial charge in [-0.3, -0.25) is 4.79 Å². The Labute approximate surface area is 130 Å². The fraction of sp³-hybridized carbons (Fsp3) is 0.333. The van der Waals surface area contributed by atoms with Crippen LogP contribution in [0.4, 0.5) is 5.69 Å². The van der Waals surface area contributed by atoms with Gasteiger partial charge in [-0.05, 0) is 37.1 Å². The smallest absolute Gasteiger partial charge is 0.259 e. The van der Waals surface area contributed by atoms with Crippen molar-refractivity contribution >= 4 is 28.1 Å². The first-order valence-electron chi connectivity index (χ1n) is 7.89. The minimum atomic E-state index is -0.106. The minimum Gasteiger partial charge on any atom is -0.376 e. The van der Waals surface area contributed by atoms with Gasteiger partial charge in [-0.1, -0.05) is 42.8 Å². The van der Waals surface area contributed by atoms with E-state index in [4.69, 9.17) is 0 Å². The Morgan fingerprint density at radius 2 is 1.77 bits per heavy atom. The number of rotatable bonds is 4. The van der Waals surface area contributed by atoms with Gasteiger partial charge in [0.15, 0.2) is 0 Å². The molecule has 1 aliphatic carbocycles. The van der Waals surface area contributed by atoms with Crippen LogP contribution in [0.3, 0.4) is 0 Å². The summed E-state index contributed by atoms with van der Waals surface area (Å²) in [4.78, 5) is 11.9. The van der Waals surface area contributed by atoms with Crippen LogP contribution in [0, 0.1) is 0 Å². The van der Waals surface area contributed by atoms with E-state index >= 15 is 0 Å². The molecular formula is C18H21N3O. The van der Waals surface area contributed by atoms with Crippen LogP contribution in [0.5, 0.6) is 0 Å². The summed E-state index contributed by atoms with van der Waals surface area (Å²) < 4.78 is 0. The zero-order chi connectivity index (χ0) is 15.2. The molecule has 0 radical (unpaired) electrons. The molecule has 1 amide bonds.